The Balaban J connectivity index is 1.34. The summed E-state index contributed by atoms with van der Waals surface area (Å²) in [7, 11) is 0. The van der Waals surface area contributed by atoms with Crippen molar-refractivity contribution in [2.24, 2.45) is 5.41 Å². The van der Waals surface area contributed by atoms with Crippen LogP contribution in [0.1, 0.15) is 38.3 Å². The van der Waals surface area contributed by atoms with Crippen LogP contribution in [-0.2, 0) is 17.8 Å². The molecule has 1 aliphatic heterocycles. The normalized spacial score (nSPS) is 25.3. The minimum Gasteiger partial charge on any atom is -0.441 e. The summed E-state index contributed by atoms with van der Waals surface area (Å²) in [5.41, 5.74) is 2.45. The van der Waals surface area contributed by atoms with E-state index in [2.05, 4.69) is 26.3 Å². The summed E-state index contributed by atoms with van der Waals surface area (Å²) < 4.78 is 21.2. The van der Waals surface area contributed by atoms with Crippen molar-refractivity contribution in [1.29, 1.82) is 0 Å². The number of ether oxygens (including phenoxy) is 1. The lowest BCUT2D eigenvalue weighted by molar-refractivity contribution is -0.0270. The van der Waals surface area contributed by atoms with Crippen molar-refractivity contribution in [3.63, 3.8) is 0 Å². The predicted octanol–water partition coefficient (Wildman–Crippen LogP) is 5.09. The molecule has 3 heterocycles. The molecule has 1 amide bonds. The molecule has 32 heavy (non-hydrogen) atoms. The van der Waals surface area contributed by atoms with Crippen LogP contribution in [0.4, 0.5) is 14.9 Å². The van der Waals surface area contributed by atoms with Crippen LogP contribution in [0.5, 0.6) is 0 Å². The van der Waals surface area contributed by atoms with Gasteiger partial charge in [0, 0.05) is 6.54 Å². The van der Waals surface area contributed by atoms with Crippen molar-refractivity contribution in [2.45, 2.75) is 51.3 Å². The van der Waals surface area contributed by atoms with Crippen LogP contribution in [0.15, 0.2) is 42.9 Å². The Labute approximate surface area is 185 Å². The number of nitrogens with zero attached hydrogens (tertiary/aromatic N) is 5. The van der Waals surface area contributed by atoms with Crippen molar-refractivity contribution in [2.75, 3.05) is 6.54 Å². The number of carbonyl (C=O) groups is 1. The van der Waals surface area contributed by atoms with Gasteiger partial charge in [-0.3, -0.25) is 9.88 Å². The summed E-state index contributed by atoms with van der Waals surface area (Å²) in [5.74, 6) is -0.396. The highest BCUT2D eigenvalue weighted by Crippen LogP contribution is 2.47. The number of carbonyl (C=O) groups excluding carboxylic acids is 1. The van der Waals surface area contributed by atoms with Gasteiger partial charge in [0.1, 0.15) is 11.4 Å². The first kappa shape index (κ1) is 20.4. The minimum absolute atomic E-state index is 0.0790. The van der Waals surface area contributed by atoms with E-state index >= 15 is 0 Å². The van der Waals surface area contributed by atoms with E-state index in [-0.39, 0.29) is 11.5 Å². The van der Waals surface area contributed by atoms with Gasteiger partial charge >= 0.3 is 6.09 Å². The van der Waals surface area contributed by atoms with Crippen LogP contribution in [0, 0.1) is 17.8 Å². The molecule has 2 fully saturated rings. The largest absolute Gasteiger partial charge is 0.441 e. The third-order valence-electron chi connectivity index (χ3n) is 6.63. The molecule has 2 atom stereocenters. The smallest absolute Gasteiger partial charge is 0.410 e. The van der Waals surface area contributed by atoms with E-state index in [1.165, 1.54) is 12.3 Å². The molecule has 5 rings (SSSR count). The molecule has 2 aromatic heterocycles. The molecule has 2 aliphatic rings. The number of rotatable bonds is 4. The van der Waals surface area contributed by atoms with Crippen LogP contribution in [0.3, 0.4) is 0 Å². The lowest BCUT2D eigenvalue weighted by Gasteiger charge is -2.43. The summed E-state index contributed by atoms with van der Waals surface area (Å²) in [6.45, 7) is 11.1. The van der Waals surface area contributed by atoms with Gasteiger partial charge in [-0.25, -0.2) is 19.0 Å². The number of imidazole rings is 1. The first-order chi connectivity index (χ1) is 15.4. The molecule has 1 aromatic carbocycles. The highest BCUT2D eigenvalue weighted by molar-refractivity contribution is 5.79. The summed E-state index contributed by atoms with van der Waals surface area (Å²) in [4.78, 5) is 26.4. The van der Waals surface area contributed by atoms with E-state index in [4.69, 9.17) is 11.3 Å². The first-order valence-corrected chi connectivity index (χ1v) is 10.8. The fourth-order valence-electron chi connectivity index (χ4n) is 5.31. The Morgan fingerprint density at radius 2 is 2.12 bits per heavy atom. The Kier molecular flexibility index (Phi) is 4.85. The Morgan fingerprint density at radius 3 is 2.91 bits per heavy atom. The standard InChI is InChI=1S/C24H24FN5O2/c1-23(14-30-16-28-20-7-6-18(26-2)10-21(20)30)8-3-9-24(13-23)15-29(22(31)32-24)12-19-5-4-17(25)11-27-19/h4-7,10-11,16H,3,8-9,12-15H2,1H3/t23-,24-/m0/s1. The lowest BCUT2D eigenvalue weighted by Crippen LogP contribution is -2.44. The van der Waals surface area contributed by atoms with Gasteiger partial charge < -0.3 is 9.30 Å². The molecule has 1 spiro atoms. The summed E-state index contributed by atoms with van der Waals surface area (Å²) in [5, 5.41) is 0. The highest BCUT2D eigenvalue weighted by Gasteiger charge is 2.51. The molecule has 8 heteroatoms. The van der Waals surface area contributed by atoms with Gasteiger partial charge in [-0.1, -0.05) is 13.0 Å². The fraction of sp³-hybridized carbons (Fsp3) is 0.417. The topological polar surface area (TPSA) is 64.6 Å². The summed E-state index contributed by atoms with van der Waals surface area (Å²) >= 11 is 0. The minimum atomic E-state index is -0.526. The van der Waals surface area contributed by atoms with Gasteiger partial charge in [-0.2, -0.15) is 0 Å². The van der Waals surface area contributed by atoms with E-state index in [0.717, 1.165) is 43.3 Å². The van der Waals surface area contributed by atoms with Gasteiger partial charge in [0.05, 0.1) is 48.9 Å². The van der Waals surface area contributed by atoms with Crippen molar-refractivity contribution in [3.8, 4) is 0 Å². The number of pyridine rings is 1. The van der Waals surface area contributed by atoms with Crippen molar-refractivity contribution >= 4 is 22.8 Å². The maximum atomic E-state index is 13.2. The number of aromatic nitrogens is 3. The van der Waals surface area contributed by atoms with Crippen molar-refractivity contribution in [1.82, 2.24) is 19.4 Å². The van der Waals surface area contributed by atoms with Gasteiger partial charge in [0.15, 0.2) is 5.69 Å². The Hall–Kier alpha value is -3.47. The fourth-order valence-corrected chi connectivity index (χ4v) is 5.31. The SMILES string of the molecule is [C-]#[N+]c1ccc2ncn(C[C@@]3(C)CCC[C@@]4(CN(Cc5ccc(F)cn5)C(=O)O4)C3)c2c1. The third kappa shape index (κ3) is 3.79. The number of halogens is 1. The highest BCUT2D eigenvalue weighted by atomic mass is 19.1. The zero-order valence-electron chi connectivity index (χ0n) is 17.9. The maximum Gasteiger partial charge on any atom is 0.410 e. The van der Waals surface area contributed by atoms with Gasteiger partial charge in [-0.15, -0.1) is 0 Å². The van der Waals surface area contributed by atoms with Crippen LogP contribution >= 0.6 is 0 Å². The van der Waals surface area contributed by atoms with E-state index < -0.39 is 11.4 Å². The van der Waals surface area contributed by atoms with E-state index in [1.54, 1.807) is 17.0 Å². The molecule has 1 saturated carbocycles. The van der Waals surface area contributed by atoms with E-state index in [1.807, 2.05) is 18.5 Å². The Bertz CT molecular complexity index is 1220. The molecule has 7 nitrogen and oxygen atoms in total. The zero-order valence-corrected chi connectivity index (χ0v) is 17.9. The van der Waals surface area contributed by atoms with Crippen molar-refractivity contribution < 1.29 is 13.9 Å². The average Bonchev–Trinajstić information content (AvgIpc) is 3.29. The zero-order chi connectivity index (χ0) is 22.3. The van der Waals surface area contributed by atoms with E-state index in [0.29, 0.717) is 24.5 Å². The summed E-state index contributed by atoms with van der Waals surface area (Å²) in [6.07, 6.45) is 6.22. The predicted molar refractivity (Wildman–Crippen MR) is 116 cm³/mol. The van der Waals surface area contributed by atoms with Crippen molar-refractivity contribution in [3.05, 3.63) is 65.8 Å². The second kappa shape index (κ2) is 7.59. The van der Waals surface area contributed by atoms with Crippen LogP contribution < -0.4 is 0 Å². The summed E-state index contributed by atoms with van der Waals surface area (Å²) in [6, 6.07) is 8.49. The quantitative estimate of drug-likeness (QED) is 0.538. The number of fused-ring (bicyclic) bond motifs is 1. The number of amides is 1. The van der Waals surface area contributed by atoms with Crippen LogP contribution in [-0.4, -0.2) is 37.7 Å². The second-order valence-electron chi connectivity index (χ2n) is 9.37. The molecule has 0 unspecified atom stereocenters. The molecule has 0 N–H and O–H groups in total. The monoisotopic (exact) mass is 433 g/mol. The Morgan fingerprint density at radius 1 is 1.25 bits per heavy atom. The molecule has 0 bridgehead atoms. The number of benzene rings is 1. The third-order valence-corrected chi connectivity index (χ3v) is 6.63. The molecule has 0 radical (unpaired) electrons. The molecule has 1 saturated heterocycles. The van der Waals surface area contributed by atoms with Crippen LogP contribution in [0.2, 0.25) is 0 Å². The lowest BCUT2D eigenvalue weighted by atomic mass is 9.68. The molecule has 164 valence electrons. The average molecular weight is 433 g/mol. The second-order valence-corrected chi connectivity index (χ2v) is 9.37. The first-order valence-electron chi connectivity index (χ1n) is 10.8. The molecular formula is C24H24FN5O2. The molecule has 1 aliphatic carbocycles. The van der Waals surface area contributed by atoms with Gasteiger partial charge in [-0.05, 0) is 55.4 Å². The maximum absolute atomic E-state index is 13.2. The number of hydrogen-bond donors (Lipinski definition) is 0. The molecular weight excluding hydrogens is 409 g/mol. The van der Waals surface area contributed by atoms with E-state index in [9.17, 15) is 9.18 Å². The number of hydrogen-bond acceptors (Lipinski definition) is 4. The molecule has 3 aromatic rings. The van der Waals surface area contributed by atoms with Crippen LogP contribution in [0.25, 0.3) is 15.9 Å². The van der Waals surface area contributed by atoms with Gasteiger partial charge in [0.2, 0.25) is 0 Å². The van der Waals surface area contributed by atoms with Gasteiger partial charge in [0.25, 0.3) is 0 Å².